The minimum Gasteiger partial charge on any atom is -0.461 e. The van der Waals surface area contributed by atoms with Gasteiger partial charge >= 0.3 is 0 Å². The molecule has 4 nitrogen and oxygen atoms in total. The Bertz CT molecular complexity index is 711. The van der Waals surface area contributed by atoms with Crippen molar-refractivity contribution in [1.82, 2.24) is 9.97 Å². The van der Waals surface area contributed by atoms with Crippen LogP contribution in [0.5, 0.6) is 0 Å². The number of aryl methyl sites for hydroxylation is 2. The first-order chi connectivity index (χ1) is 8.65. The third kappa shape index (κ3) is 1.62. The Morgan fingerprint density at radius 2 is 1.89 bits per heavy atom. The van der Waals surface area contributed by atoms with Gasteiger partial charge in [-0.15, -0.1) is 0 Å². The van der Waals surface area contributed by atoms with Crippen LogP contribution >= 0.6 is 0 Å². The quantitative estimate of drug-likeness (QED) is 0.708. The summed E-state index contributed by atoms with van der Waals surface area (Å²) in [5.74, 6) is 1.90. The number of fused-ring (bicyclic) bond motifs is 1. The van der Waals surface area contributed by atoms with Gasteiger partial charge in [0.2, 0.25) is 0 Å². The molecule has 3 rings (SSSR count). The number of nitrogen functional groups attached to an aromatic ring is 1. The molecule has 0 aliphatic carbocycles. The lowest BCUT2D eigenvalue weighted by Crippen LogP contribution is -1.97. The molecule has 2 aromatic heterocycles. The number of rotatable bonds is 1. The van der Waals surface area contributed by atoms with E-state index in [4.69, 9.17) is 10.2 Å². The fourth-order valence-electron chi connectivity index (χ4n) is 2.15. The predicted octanol–water partition coefficient (Wildman–Crippen LogP) is 3.09. The molecule has 0 amide bonds. The van der Waals surface area contributed by atoms with E-state index >= 15 is 0 Å². The molecule has 3 aromatic rings. The fraction of sp³-hybridized carbons (Fsp3) is 0.143. The number of aromatic nitrogens is 2. The Morgan fingerprint density at radius 1 is 1.11 bits per heavy atom. The van der Waals surface area contributed by atoms with Crippen LogP contribution in [0.25, 0.3) is 22.4 Å². The van der Waals surface area contributed by atoms with E-state index in [1.54, 1.807) is 6.07 Å². The summed E-state index contributed by atoms with van der Waals surface area (Å²) in [6, 6.07) is 9.61. The molecular formula is C14H13N3O. The average Bonchev–Trinajstić information content (AvgIpc) is 2.63. The van der Waals surface area contributed by atoms with Crippen LogP contribution in [0.2, 0.25) is 0 Å². The van der Waals surface area contributed by atoms with Crippen molar-refractivity contribution in [1.29, 1.82) is 0 Å². The minimum absolute atomic E-state index is 0.474. The van der Waals surface area contributed by atoms with E-state index in [-0.39, 0.29) is 0 Å². The molecule has 0 radical (unpaired) electrons. The van der Waals surface area contributed by atoms with Gasteiger partial charge in [-0.2, -0.15) is 0 Å². The Kier molecular flexibility index (Phi) is 2.30. The van der Waals surface area contributed by atoms with E-state index in [1.165, 1.54) is 0 Å². The molecule has 0 saturated carbocycles. The van der Waals surface area contributed by atoms with Crippen LogP contribution in [0.15, 0.2) is 34.7 Å². The van der Waals surface area contributed by atoms with Gasteiger partial charge in [0.15, 0.2) is 5.82 Å². The fourth-order valence-corrected chi connectivity index (χ4v) is 2.15. The number of nitrogens with zero attached hydrogens (tertiary/aromatic N) is 2. The van der Waals surface area contributed by atoms with Crippen LogP contribution in [-0.4, -0.2) is 9.97 Å². The smallest absolute Gasteiger partial charge is 0.165 e. The molecule has 18 heavy (non-hydrogen) atoms. The lowest BCUT2D eigenvalue weighted by Gasteiger charge is -2.02. The maximum absolute atomic E-state index is 5.78. The molecule has 0 spiro atoms. The van der Waals surface area contributed by atoms with Crippen LogP contribution in [-0.2, 0) is 0 Å². The summed E-state index contributed by atoms with van der Waals surface area (Å²) in [4.78, 5) is 8.73. The minimum atomic E-state index is 0.474. The summed E-state index contributed by atoms with van der Waals surface area (Å²) in [6.45, 7) is 3.82. The first kappa shape index (κ1) is 10.8. The molecule has 0 fully saturated rings. The standard InChI is InChI=1S/C14H13N3O/c1-8-7-12(15)17-14(16-8)13-9(2)18-11-6-4-3-5-10(11)13/h3-7H,1-2H3,(H2,15,16,17). The summed E-state index contributed by atoms with van der Waals surface area (Å²) >= 11 is 0. The van der Waals surface area contributed by atoms with Crippen molar-refractivity contribution < 1.29 is 4.42 Å². The number of furan rings is 1. The molecule has 0 atom stereocenters. The van der Waals surface area contributed by atoms with Crippen molar-refractivity contribution in [2.45, 2.75) is 13.8 Å². The Balaban J connectivity index is 2.34. The number of hydrogen-bond donors (Lipinski definition) is 1. The van der Waals surface area contributed by atoms with Crippen LogP contribution in [0.4, 0.5) is 5.82 Å². The molecule has 4 heteroatoms. The molecule has 0 aliphatic heterocycles. The van der Waals surface area contributed by atoms with Crippen molar-refractivity contribution in [3.05, 3.63) is 41.8 Å². The van der Waals surface area contributed by atoms with Crippen LogP contribution < -0.4 is 5.73 Å². The summed E-state index contributed by atoms with van der Waals surface area (Å²) in [5.41, 5.74) is 8.39. The molecule has 0 saturated heterocycles. The highest BCUT2D eigenvalue weighted by molar-refractivity contribution is 5.93. The molecule has 0 unspecified atom stereocenters. The largest absolute Gasteiger partial charge is 0.461 e. The zero-order valence-electron chi connectivity index (χ0n) is 10.3. The van der Waals surface area contributed by atoms with Crippen molar-refractivity contribution >= 4 is 16.8 Å². The average molecular weight is 239 g/mol. The van der Waals surface area contributed by atoms with Gasteiger partial charge in [-0.1, -0.05) is 18.2 Å². The lowest BCUT2D eigenvalue weighted by atomic mass is 10.1. The van der Waals surface area contributed by atoms with Gasteiger partial charge in [-0.3, -0.25) is 0 Å². The SMILES string of the molecule is Cc1cc(N)nc(-c2c(C)oc3ccccc23)n1. The van der Waals surface area contributed by atoms with Crippen LogP contribution in [0, 0.1) is 13.8 Å². The second-order valence-corrected chi connectivity index (χ2v) is 4.29. The van der Waals surface area contributed by atoms with Gasteiger partial charge in [0.25, 0.3) is 0 Å². The summed E-state index contributed by atoms with van der Waals surface area (Å²) in [5, 5.41) is 1.01. The Morgan fingerprint density at radius 3 is 2.67 bits per heavy atom. The zero-order valence-corrected chi connectivity index (χ0v) is 10.3. The van der Waals surface area contributed by atoms with Gasteiger partial charge in [-0.25, -0.2) is 9.97 Å². The molecule has 1 aromatic carbocycles. The first-order valence-electron chi connectivity index (χ1n) is 5.75. The Labute approximate surface area is 104 Å². The van der Waals surface area contributed by atoms with Crippen molar-refractivity contribution in [3.63, 3.8) is 0 Å². The highest BCUT2D eigenvalue weighted by Gasteiger charge is 2.15. The van der Waals surface area contributed by atoms with Crippen molar-refractivity contribution in [2.75, 3.05) is 5.73 Å². The van der Waals surface area contributed by atoms with E-state index < -0.39 is 0 Å². The summed E-state index contributed by atoms with van der Waals surface area (Å²) in [6.07, 6.45) is 0. The number of hydrogen-bond acceptors (Lipinski definition) is 4. The summed E-state index contributed by atoms with van der Waals surface area (Å²) in [7, 11) is 0. The zero-order chi connectivity index (χ0) is 12.7. The molecule has 0 aliphatic rings. The van der Waals surface area contributed by atoms with Crippen molar-refractivity contribution in [3.8, 4) is 11.4 Å². The molecule has 0 bridgehead atoms. The number of para-hydroxylation sites is 1. The molecule has 2 N–H and O–H groups in total. The monoisotopic (exact) mass is 239 g/mol. The number of nitrogens with two attached hydrogens (primary N) is 1. The normalized spacial score (nSPS) is 11.0. The van der Waals surface area contributed by atoms with Gasteiger partial charge in [-0.05, 0) is 19.9 Å². The van der Waals surface area contributed by atoms with E-state index in [1.807, 2.05) is 38.1 Å². The van der Waals surface area contributed by atoms with Gasteiger partial charge in [0.1, 0.15) is 17.2 Å². The predicted molar refractivity (Wildman–Crippen MR) is 71.1 cm³/mol. The lowest BCUT2D eigenvalue weighted by molar-refractivity contribution is 0.579. The van der Waals surface area contributed by atoms with Crippen molar-refractivity contribution in [2.24, 2.45) is 0 Å². The van der Waals surface area contributed by atoms with E-state index in [2.05, 4.69) is 9.97 Å². The van der Waals surface area contributed by atoms with E-state index in [9.17, 15) is 0 Å². The molecule has 2 heterocycles. The molecule has 90 valence electrons. The van der Waals surface area contributed by atoms with Gasteiger partial charge in [0.05, 0.1) is 5.56 Å². The Hall–Kier alpha value is -2.36. The third-order valence-corrected chi connectivity index (χ3v) is 2.87. The summed E-state index contributed by atoms with van der Waals surface area (Å²) < 4.78 is 5.71. The van der Waals surface area contributed by atoms with Gasteiger partial charge < -0.3 is 10.2 Å². The van der Waals surface area contributed by atoms with E-state index in [0.29, 0.717) is 11.6 Å². The highest BCUT2D eigenvalue weighted by Crippen LogP contribution is 2.32. The molecular weight excluding hydrogens is 226 g/mol. The topological polar surface area (TPSA) is 64.9 Å². The van der Waals surface area contributed by atoms with Crippen LogP contribution in [0.3, 0.4) is 0 Å². The number of anilines is 1. The third-order valence-electron chi connectivity index (χ3n) is 2.87. The van der Waals surface area contributed by atoms with Crippen LogP contribution in [0.1, 0.15) is 11.5 Å². The second-order valence-electron chi connectivity index (χ2n) is 4.29. The second kappa shape index (κ2) is 3.84. The maximum Gasteiger partial charge on any atom is 0.165 e. The van der Waals surface area contributed by atoms with E-state index in [0.717, 1.165) is 28.0 Å². The maximum atomic E-state index is 5.78. The highest BCUT2D eigenvalue weighted by atomic mass is 16.3. The first-order valence-corrected chi connectivity index (χ1v) is 5.75. The van der Waals surface area contributed by atoms with Gasteiger partial charge in [0, 0.05) is 17.1 Å². The number of benzene rings is 1.